The molecular formula is C22H26Cl2N2O4S. The molecule has 2 aromatic rings. The Balaban J connectivity index is 1.69. The molecule has 1 amide bonds. The number of phenols is 1. The van der Waals surface area contributed by atoms with Crippen LogP contribution in [0.2, 0.25) is 10.0 Å². The lowest BCUT2D eigenvalue weighted by atomic mass is 9.86. The van der Waals surface area contributed by atoms with E-state index >= 15 is 0 Å². The minimum atomic E-state index is -3.81. The number of nitrogens with one attached hydrogen (secondary N) is 1. The molecule has 0 saturated carbocycles. The average molecular weight is 485 g/mol. The molecule has 1 saturated heterocycles. The lowest BCUT2D eigenvalue weighted by molar-refractivity contribution is -0.120. The Morgan fingerprint density at radius 2 is 1.74 bits per heavy atom. The standard InChI is InChI=1S/C22H26Cl2N2O4S/c1-22(2,3)15-4-7-19(27)18(12-15)25-21(28)14-8-10-26(11-9-14)31(29,30)20-13-16(23)5-6-17(20)24/h4-7,12-14,27H,8-11H2,1-3H3,(H,25,28). The van der Waals surface area contributed by atoms with Gasteiger partial charge in [-0.1, -0.05) is 50.0 Å². The van der Waals surface area contributed by atoms with Crippen LogP contribution in [-0.4, -0.2) is 36.8 Å². The van der Waals surface area contributed by atoms with E-state index in [0.717, 1.165) is 5.56 Å². The molecule has 0 atom stereocenters. The average Bonchev–Trinajstić information content (AvgIpc) is 2.70. The number of phenolic OH excluding ortho intramolecular Hbond substituents is 1. The van der Waals surface area contributed by atoms with Crippen LogP contribution >= 0.6 is 23.2 Å². The Bertz CT molecular complexity index is 1090. The van der Waals surface area contributed by atoms with Gasteiger partial charge < -0.3 is 10.4 Å². The maximum atomic E-state index is 13.0. The molecule has 9 heteroatoms. The Kier molecular flexibility index (Phi) is 6.91. The van der Waals surface area contributed by atoms with Gasteiger partial charge in [-0.25, -0.2) is 8.42 Å². The van der Waals surface area contributed by atoms with Gasteiger partial charge >= 0.3 is 0 Å². The molecule has 0 unspecified atom stereocenters. The van der Waals surface area contributed by atoms with Crippen molar-refractivity contribution in [3.8, 4) is 5.75 Å². The van der Waals surface area contributed by atoms with Gasteiger partial charge in [0.05, 0.1) is 10.7 Å². The Labute approximate surface area is 193 Å². The molecule has 1 fully saturated rings. The Morgan fingerprint density at radius 3 is 2.35 bits per heavy atom. The number of amides is 1. The molecular weight excluding hydrogens is 459 g/mol. The molecule has 3 rings (SSSR count). The SMILES string of the molecule is CC(C)(C)c1ccc(O)c(NC(=O)C2CCN(S(=O)(=O)c3cc(Cl)ccc3Cl)CC2)c1. The summed E-state index contributed by atoms with van der Waals surface area (Å²) >= 11 is 12.0. The number of aromatic hydroxyl groups is 1. The van der Waals surface area contributed by atoms with Gasteiger partial charge in [-0.15, -0.1) is 0 Å². The van der Waals surface area contributed by atoms with Crippen LogP contribution in [0.3, 0.4) is 0 Å². The fraction of sp³-hybridized carbons (Fsp3) is 0.409. The highest BCUT2D eigenvalue weighted by Gasteiger charge is 2.33. The second kappa shape index (κ2) is 8.98. The second-order valence-corrected chi connectivity index (χ2v) is 11.5. The summed E-state index contributed by atoms with van der Waals surface area (Å²) in [6, 6.07) is 9.49. The van der Waals surface area contributed by atoms with Crippen LogP contribution in [0.15, 0.2) is 41.3 Å². The zero-order valence-electron chi connectivity index (χ0n) is 17.7. The first-order valence-electron chi connectivity index (χ1n) is 9.99. The lowest BCUT2D eigenvalue weighted by Crippen LogP contribution is -2.41. The van der Waals surface area contributed by atoms with E-state index in [4.69, 9.17) is 23.2 Å². The molecule has 0 bridgehead atoms. The predicted octanol–water partition coefficient (Wildman–Crippen LogP) is 5.04. The molecule has 1 aliphatic rings. The minimum Gasteiger partial charge on any atom is -0.506 e. The van der Waals surface area contributed by atoms with Gasteiger partial charge in [0, 0.05) is 24.0 Å². The van der Waals surface area contributed by atoms with Crippen molar-refractivity contribution < 1.29 is 18.3 Å². The van der Waals surface area contributed by atoms with Crippen molar-refractivity contribution in [2.45, 2.75) is 43.9 Å². The molecule has 2 aromatic carbocycles. The number of benzene rings is 2. The third kappa shape index (κ3) is 5.34. The highest BCUT2D eigenvalue weighted by Crippen LogP contribution is 2.33. The van der Waals surface area contributed by atoms with Gasteiger partial charge in [-0.05, 0) is 54.2 Å². The van der Waals surface area contributed by atoms with Crippen LogP contribution in [0.5, 0.6) is 5.75 Å². The Morgan fingerprint density at radius 1 is 1.10 bits per heavy atom. The summed E-state index contributed by atoms with van der Waals surface area (Å²) in [6.07, 6.45) is 0.728. The number of piperidine rings is 1. The van der Waals surface area contributed by atoms with E-state index in [0.29, 0.717) is 18.5 Å². The highest BCUT2D eigenvalue weighted by atomic mass is 35.5. The van der Waals surface area contributed by atoms with Gasteiger partial charge in [-0.2, -0.15) is 4.31 Å². The van der Waals surface area contributed by atoms with Gasteiger partial charge in [0.1, 0.15) is 10.6 Å². The zero-order chi connectivity index (χ0) is 23.0. The smallest absolute Gasteiger partial charge is 0.244 e. The first-order chi connectivity index (χ1) is 14.4. The largest absolute Gasteiger partial charge is 0.506 e. The monoisotopic (exact) mass is 484 g/mol. The maximum Gasteiger partial charge on any atom is 0.244 e. The van der Waals surface area contributed by atoms with Crippen LogP contribution in [0.4, 0.5) is 5.69 Å². The summed E-state index contributed by atoms with van der Waals surface area (Å²) in [4.78, 5) is 12.7. The van der Waals surface area contributed by atoms with Crippen LogP contribution in [0.25, 0.3) is 0 Å². The first-order valence-corrected chi connectivity index (χ1v) is 12.2. The number of rotatable bonds is 4. The summed E-state index contributed by atoms with van der Waals surface area (Å²) < 4.78 is 27.2. The van der Waals surface area contributed by atoms with Gasteiger partial charge in [0.2, 0.25) is 15.9 Å². The quantitative estimate of drug-likeness (QED) is 0.595. The molecule has 1 aliphatic heterocycles. The molecule has 31 heavy (non-hydrogen) atoms. The third-order valence-corrected chi connectivity index (χ3v) is 8.07. The number of nitrogens with zero attached hydrogens (tertiary/aromatic N) is 1. The number of sulfonamides is 1. The molecule has 168 valence electrons. The first kappa shape index (κ1) is 23.9. The van der Waals surface area contributed by atoms with Crippen LogP contribution in [0, 0.1) is 5.92 Å². The van der Waals surface area contributed by atoms with Gasteiger partial charge in [0.15, 0.2) is 0 Å². The third-order valence-electron chi connectivity index (χ3n) is 5.46. The van der Waals surface area contributed by atoms with Crippen molar-refractivity contribution in [2.24, 2.45) is 5.92 Å². The normalized spacial score (nSPS) is 16.3. The van der Waals surface area contributed by atoms with Gasteiger partial charge in [-0.3, -0.25) is 4.79 Å². The van der Waals surface area contributed by atoms with Crippen LogP contribution < -0.4 is 5.32 Å². The summed E-state index contributed by atoms with van der Waals surface area (Å²) in [5, 5.41) is 13.3. The molecule has 6 nitrogen and oxygen atoms in total. The number of hydrogen-bond donors (Lipinski definition) is 2. The summed E-state index contributed by atoms with van der Waals surface area (Å²) in [7, 11) is -3.81. The van der Waals surface area contributed by atoms with Crippen molar-refractivity contribution >= 4 is 44.8 Å². The summed E-state index contributed by atoms with van der Waals surface area (Å²) in [5.41, 5.74) is 1.21. The van der Waals surface area contributed by atoms with Crippen molar-refractivity contribution in [1.82, 2.24) is 4.31 Å². The van der Waals surface area contributed by atoms with Crippen LogP contribution in [0.1, 0.15) is 39.2 Å². The molecule has 1 heterocycles. The number of halogens is 2. The van der Waals surface area contributed by atoms with E-state index in [2.05, 4.69) is 5.32 Å². The number of anilines is 1. The fourth-order valence-corrected chi connectivity index (χ4v) is 5.72. The van der Waals surface area contributed by atoms with E-state index in [1.165, 1.54) is 22.5 Å². The van der Waals surface area contributed by atoms with Gasteiger partial charge in [0.25, 0.3) is 0 Å². The van der Waals surface area contributed by atoms with Crippen molar-refractivity contribution in [3.63, 3.8) is 0 Å². The van der Waals surface area contributed by atoms with Crippen LogP contribution in [-0.2, 0) is 20.2 Å². The predicted molar refractivity (Wildman–Crippen MR) is 123 cm³/mol. The van der Waals surface area contributed by atoms with E-state index in [9.17, 15) is 18.3 Å². The summed E-state index contributed by atoms with van der Waals surface area (Å²) in [5.74, 6) is -0.602. The van der Waals surface area contributed by atoms with Crippen molar-refractivity contribution in [2.75, 3.05) is 18.4 Å². The number of carbonyl (C=O) groups excluding carboxylic acids is 1. The maximum absolute atomic E-state index is 13.0. The fourth-order valence-electron chi connectivity index (χ4n) is 3.51. The molecule has 0 aromatic heterocycles. The van der Waals surface area contributed by atoms with E-state index in [1.54, 1.807) is 12.1 Å². The van der Waals surface area contributed by atoms with Crippen molar-refractivity contribution in [3.05, 3.63) is 52.0 Å². The Hall–Kier alpha value is -1.80. The zero-order valence-corrected chi connectivity index (χ0v) is 20.0. The van der Waals surface area contributed by atoms with Crippen molar-refractivity contribution in [1.29, 1.82) is 0 Å². The molecule has 0 spiro atoms. The molecule has 2 N–H and O–H groups in total. The van der Waals surface area contributed by atoms with E-state index in [-0.39, 0.29) is 51.0 Å². The summed E-state index contributed by atoms with van der Waals surface area (Å²) in [6.45, 7) is 6.53. The molecule has 0 aliphatic carbocycles. The van der Waals surface area contributed by atoms with E-state index < -0.39 is 10.0 Å². The second-order valence-electron chi connectivity index (χ2n) is 8.72. The van der Waals surface area contributed by atoms with E-state index in [1.807, 2.05) is 26.8 Å². The number of hydrogen-bond acceptors (Lipinski definition) is 4. The lowest BCUT2D eigenvalue weighted by Gasteiger charge is -2.31. The minimum absolute atomic E-state index is 0.00281. The highest BCUT2D eigenvalue weighted by molar-refractivity contribution is 7.89. The topological polar surface area (TPSA) is 86.7 Å². The molecule has 0 radical (unpaired) electrons. The number of carbonyl (C=O) groups is 1.